The maximum absolute atomic E-state index is 11.9. The minimum absolute atomic E-state index is 0.143. The Kier molecular flexibility index (Phi) is 4.01. The molecule has 0 saturated heterocycles. The van der Waals surface area contributed by atoms with Crippen molar-refractivity contribution in [2.24, 2.45) is 22.7 Å². The fourth-order valence-electron chi connectivity index (χ4n) is 6.29. The molecule has 2 saturated carbocycles. The molecule has 2 heteroatoms. The number of ketones is 1. The van der Waals surface area contributed by atoms with Crippen molar-refractivity contribution in [2.75, 3.05) is 0 Å². The molecule has 0 amide bonds. The lowest BCUT2D eigenvalue weighted by Gasteiger charge is -2.53. The molecule has 4 rings (SSSR count). The fourth-order valence-corrected chi connectivity index (χ4v) is 6.29. The normalized spacial score (nSPS) is 42.7. The molecule has 0 aromatic rings. The molecule has 136 valence electrons. The highest BCUT2D eigenvalue weighted by molar-refractivity contribution is 5.92. The van der Waals surface area contributed by atoms with E-state index in [4.69, 9.17) is 4.74 Å². The monoisotopic (exact) mass is 340 g/mol. The molecular weight excluding hydrogens is 308 g/mol. The van der Waals surface area contributed by atoms with Crippen LogP contribution in [0.15, 0.2) is 35.6 Å². The number of ether oxygens (including phenoxy) is 1. The van der Waals surface area contributed by atoms with Crippen molar-refractivity contribution in [2.45, 2.75) is 78.2 Å². The van der Waals surface area contributed by atoms with Gasteiger partial charge in [-0.05, 0) is 56.4 Å². The van der Waals surface area contributed by atoms with Gasteiger partial charge in [0.15, 0.2) is 5.78 Å². The van der Waals surface area contributed by atoms with Gasteiger partial charge in [-0.1, -0.05) is 44.6 Å². The zero-order valence-electron chi connectivity index (χ0n) is 16.1. The van der Waals surface area contributed by atoms with Crippen molar-refractivity contribution < 1.29 is 9.53 Å². The van der Waals surface area contributed by atoms with Crippen LogP contribution >= 0.6 is 0 Å². The third-order valence-corrected chi connectivity index (χ3v) is 7.95. The van der Waals surface area contributed by atoms with Crippen molar-refractivity contribution in [3.05, 3.63) is 35.6 Å². The molecule has 0 heterocycles. The summed E-state index contributed by atoms with van der Waals surface area (Å²) in [7, 11) is 0. The Hall–Kier alpha value is -1.31. The van der Waals surface area contributed by atoms with Crippen LogP contribution in [0.5, 0.6) is 0 Å². The Balaban J connectivity index is 1.66. The molecule has 0 aromatic carbocycles. The van der Waals surface area contributed by atoms with E-state index in [-0.39, 0.29) is 10.8 Å². The molecule has 25 heavy (non-hydrogen) atoms. The first-order valence-corrected chi connectivity index (χ1v) is 10.2. The molecule has 0 aromatic heterocycles. The molecule has 0 bridgehead atoms. The second-order valence-corrected chi connectivity index (χ2v) is 9.17. The summed E-state index contributed by atoms with van der Waals surface area (Å²) in [6, 6.07) is 0. The zero-order valence-corrected chi connectivity index (χ0v) is 16.1. The highest BCUT2D eigenvalue weighted by Crippen LogP contribution is 2.63. The van der Waals surface area contributed by atoms with E-state index in [1.165, 1.54) is 18.4 Å². The molecule has 5 atom stereocenters. The number of hydrogen-bond donors (Lipinski definition) is 0. The predicted octanol–water partition coefficient (Wildman–Crippen LogP) is 5.75. The minimum atomic E-state index is 0.143. The Labute approximate surface area is 152 Å². The summed E-state index contributed by atoms with van der Waals surface area (Å²) in [5, 5.41) is 0. The maximum Gasteiger partial charge on any atom is 0.155 e. The van der Waals surface area contributed by atoms with E-state index in [2.05, 4.69) is 33.4 Å². The lowest BCUT2D eigenvalue weighted by atomic mass is 9.52. The first-order chi connectivity index (χ1) is 11.9. The van der Waals surface area contributed by atoms with E-state index in [1.807, 2.05) is 6.08 Å². The van der Waals surface area contributed by atoms with Crippen LogP contribution in [0.3, 0.4) is 0 Å². The van der Waals surface area contributed by atoms with Crippen LogP contribution in [0.4, 0.5) is 0 Å². The summed E-state index contributed by atoms with van der Waals surface area (Å²) < 4.78 is 6.28. The van der Waals surface area contributed by atoms with Gasteiger partial charge < -0.3 is 4.74 Å². The number of rotatable bonds is 3. The van der Waals surface area contributed by atoms with Crippen LogP contribution in [0, 0.1) is 22.7 Å². The van der Waals surface area contributed by atoms with E-state index in [0.717, 1.165) is 43.8 Å². The van der Waals surface area contributed by atoms with Gasteiger partial charge in [0.05, 0.1) is 5.76 Å². The van der Waals surface area contributed by atoms with Gasteiger partial charge in [0.25, 0.3) is 0 Å². The third kappa shape index (κ3) is 2.47. The van der Waals surface area contributed by atoms with Crippen LogP contribution in [0.25, 0.3) is 0 Å². The summed E-state index contributed by atoms with van der Waals surface area (Å²) >= 11 is 0. The van der Waals surface area contributed by atoms with Gasteiger partial charge in [-0.2, -0.15) is 0 Å². The molecule has 4 unspecified atom stereocenters. The maximum atomic E-state index is 11.9. The molecule has 0 spiro atoms. The van der Waals surface area contributed by atoms with E-state index in [1.54, 1.807) is 5.57 Å². The quantitative estimate of drug-likeness (QED) is 0.483. The van der Waals surface area contributed by atoms with Crippen LogP contribution in [-0.4, -0.2) is 11.9 Å². The van der Waals surface area contributed by atoms with E-state index in [0.29, 0.717) is 24.2 Å². The van der Waals surface area contributed by atoms with Crippen LogP contribution in [-0.2, 0) is 9.53 Å². The van der Waals surface area contributed by atoms with Crippen molar-refractivity contribution in [3.63, 3.8) is 0 Å². The molecule has 4 aliphatic rings. The van der Waals surface area contributed by atoms with Crippen molar-refractivity contribution in [1.82, 2.24) is 0 Å². The van der Waals surface area contributed by atoms with Gasteiger partial charge in [0.2, 0.25) is 0 Å². The topological polar surface area (TPSA) is 26.3 Å². The smallest absolute Gasteiger partial charge is 0.155 e. The average molecular weight is 341 g/mol. The highest BCUT2D eigenvalue weighted by Gasteiger charge is 2.56. The van der Waals surface area contributed by atoms with Crippen LogP contribution < -0.4 is 0 Å². The molecular formula is C23H32O2. The summed E-state index contributed by atoms with van der Waals surface area (Å²) in [4.78, 5) is 11.9. The van der Waals surface area contributed by atoms with Gasteiger partial charge in [0, 0.05) is 23.7 Å². The standard InChI is InChI=1S/C23H32O2/c1-5-15(2)25-21-9-8-19-18-7-6-16-14-17(24)10-12-22(16,3)20(18)11-13-23(19,21)4/h11,14,18-19,21H,2,5-10,12-13H2,1,3-4H3/t18?,19?,21-,22?,23?/m0/s1. The first-order valence-electron chi connectivity index (χ1n) is 10.2. The molecule has 4 aliphatic carbocycles. The van der Waals surface area contributed by atoms with Crippen molar-refractivity contribution >= 4 is 5.78 Å². The van der Waals surface area contributed by atoms with Gasteiger partial charge in [0.1, 0.15) is 6.10 Å². The number of carbonyl (C=O) groups excluding carboxylic acids is 1. The van der Waals surface area contributed by atoms with Crippen LogP contribution in [0.2, 0.25) is 0 Å². The van der Waals surface area contributed by atoms with Gasteiger partial charge in [-0.25, -0.2) is 0 Å². The van der Waals surface area contributed by atoms with E-state index < -0.39 is 0 Å². The SMILES string of the molecule is C=C(CC)O[C@H]1CCC2C3CCC4=CC(=O)CCC4(C)C3=CCC21C. The van der Waals surface area contributed by atoms with Crippen LogP contribution in [0.1, 0.15) is 72.1 Å². The second kappa shape index (κ2) is 5.86. The van der Waals surface area contributed by atoms with Gasteiger partial charge >= 0.3 is 0 Å². The average Bonchev–Trinajstić information content (AvgIpc) is 2.92. The first kappa shape index (κ1) is 17.1. The van der Waals surface area contributed by atoms with E-state index in [9.17, 15) is 4.79 Å². The molecule has 0 aliphatic heterocycles. The Morgan fingerprint density at radius 3 is 2.84 bits per heavy atom. The summed E-state index contributed by atoms with van der Waals surface area (Å²) in [5.41, 5.74) is 3.44. The number of carbonyl (C=O) groups is 1. The largest absolute Gasteiger partial charge is 0.495 e. The highest BCUT2D eigenvalue weighted by atomic mass is 16.5. The van der Waals surface area contributed by atoms with Crippen molar-refractivity contribution in [3.8, 4) is 0 Å². The third-order valence-electron chi connectivity index (χ3n) is 7.95. The molecule has 0 radical (unpaired) electrons. The summed E-state index contributed by atoms with van der Waals surface area (Å²) in [6.45, 7) is 11.0. The Bertz CT molecular complexity index is 670. The summed E-state index contributed by atoms with van der Waals surface area (Å²) in [6.07, 6.45) is 13.3. The van der Waals surface area contributed by atoms with E-state index >= 15 is 0 Å². The lowest BCUT2D eigenvalue weighted by Crippen LogP contribution is -2.46. The second-order valence-electron chi connectivity index (χ2n) is 9.17. The van der Waals surface area contributed by atoms with Gasteiger partial charge in [-0.15, -0.1) is 0 Å². The molecule has 2 nitrogen and oxygen atoms in total. The fraction of sp³-hybridized carbons (Fsp3) is 0.696. The van der Waals surface area contributed by atoms with Gasteiger partial charge in [-0.3, -0.25) is 4.79 Å². The Morgan fingerprint density at radius 2 is 2.08 bits per heavy atom. The zero-order chi connectivity index (χ0) is 17.8. The lowest BCUT2D eigenvalue weighted by molar-refractivity contribution is -0.115. The molecule has 0 N–H and O–H groups in total. The minimum Gasteiger partial charge on any atom is -0.495 e. The number of fused-ring (bicyclic) bond motifs is 5. The number of hydrogen-bond acceptors (Lipinski definition) is 2. The molecule has 2 fully saturated rings. The van der Waals surface area contributed by atoms with Crippen molar-refractivity contribution in [1.29, 1.82) is 0 Å². The Morgan fingerprint density at radius 1 is 1.28 bits per heavy atom. The predicted molar refractivity (Wildman–Crippen MR) is 101 cm³/mol. The number of allylic oxidation sites excluding steroid dienone is 5. The summed E-state index contributed by atoms with van der Waals surface area (Å²) in [5.74, 6) is 2.67.